The number of aromatic nitrogens is 3. The largest absolute Gasteiger partial charge is 0.506 e. The van der Waals surface area contributed by atoms with Gasteiger partial charge in [-0.3, -0.25) is 4.57 Å². The van der Waals surface area contributed by atoms with Crippen molar-refractivity contribution < 1.29 is 5.11 Å². The number of benzene rings is 1. The van der Waals surface area contributed by atoms with Crippen LogP contribution in [0.1, 0.15) is 18.6 Å². The molecular formula is C11H11Cl2N3O. The van der Waals surface area contributed by atoms with Crippen LogP contribution in [0.4, 0.5) is 0 Å². The molecule has 1 N–H and O–H groups in total. The molecule has 17 heavy (non-hydrogen) atoms. The summed E-state index contributed by atoms with van der Waals surface area (Å²) in [5, 5.41) is 18.4. The van der Waals surface area contributed by atoms with Crippen LogP contribution in [0.25, 0.3) is 5.69 Å². The van der Waals surface area contributed by atoms with Gasteiger partial charge < -0.3 is 5.11 Å². The Balaban J connectivity index is 2.65. The van der Waals surface area contributed by atoms with Gasteiger partial charge in [-0.1, -0.05) is 18.5 Å². The van der Waals surface area contributed by atoms with E-state index in [0.717, 1.165) is 5.82 Å². The average Bonchev–Trinajstić information content (AvgIpc) is 2.74. The van der Waals surface area contributed by atoms with Crippen LogP contribution in [0.15, 0.2) is 18.2 Å². The number of phenols is 1. The first-order chi connectivity index (χ1) is 8.17. The van der Waals surface area contributed by atoms with E-state index in [9.17, 15) is 5.11 Å². The van der Waals surface area contributed by atoms with Gasteiger partial charge in [0, 0.05) is 11.4 Å². The minimum atomic E-state index is 0.121. The van der Waals surface area contributed by atoms with E-state index in [4.69, 9.17) is 23.2 Å². The summed E-state index contributed by atoms with van der Waals surface area (Å²) in [5.74, 6) is 1.66. The number of hydrogen-bond donors (Lipinski definition) is 1. The number of aromatic hydroxyl groups is 1. The second kappa shape index (κ2) is 4.94. The Morgan fingerprint density at radius 2 is 2.00 bits per heavy atom. The van der Waals surface area contributed by atoms with Crippen LogP contribution >= 0.6 is 23.2 Å². The van der Waals surface area contributed by atoms with Gasteiger partial charge in [0.2, 0.25) is 0 Å². The molecule has 0 fully saturated rings. The second-order valence-electron chi connectivity index (χ2n) is 3.49. The molecule has 0 amide bonds. The Kier molecular flexibility index (Phi) is 3.54. The third kappa shape index (κ3) is 2.23. The average molecular weight is 272 g/mol. The highest BCUT2D eigenvalue weighted by molar-refractivity contribution is 6.30. The molecule has 0 saturated heterocycles. The third-order valence-corrected chi connectivity index (χ3v) is 2.89. The number of nitrogens with zero attached hydrogens (tertiary/aromatic N) is 3. The van der Waals surface area contributed by atoms with Crippen molar-refractivity contribution in [3.05, 3.63) is 34.9 Å². The maximum atomic E-state index is 9.87. The molecule has 4 nitrogen and oxygen atoms in total. The summed E-state index contributed by atoms with van der Waals surface area (Å²) in [5.41, 5.74) is 0.551. The summed E-state index contributed by atoms with van der Waals surface area (Å²) in [4.78, 5) is 0. The first-order valence-corrected chi connectivity index (χ1v) is 6.06. The predicted octanol–water partition coefficient (Wildman–Crippen LogP) is 2.93. The lowest BCUT2D eigenvalue weighted by molar-refractivity contribution is 0.471. The van der Waals surface area contributed by atoms with Crippen molar-refractivity contribution in [3.63, 3.8) is 0 Å². The third-order valence-electron chi connectivity index (χ3n) is 2.41. The smallest absolute Gasteiger partial charge is 0.152 e. The van der Waals surface area contributed by atoms with Gasteiger partial charge in [0.15, 0.2) is 5.82 Å². The van der Waals surface area contributed by atoms with Gasteiger partial charge in [0.05, 0.1) is 11.6 Å². The van der Waals surface area contributed by atoms with Gasteiger partial charge in [-0.05, 0) is 18.2 Å². The SMILES string of the molecule is CCc1nnc(CCl)n1-c1cc(Cl)ccc1O. The Bertz CT molecular complexity index is 518. The molecule has 0 unspecified atom stereocenters. The van der Waals surface area contributed by atoms with Crippen molar-refractivity contribution in [2.45, 2.75) is 19.2 Å². The summed E-state index contributed by atoms with van der Waals surface area (Å²) < 4.78 is 1.73. The summed E-state index contributed by atoms with van der Waals surface area (Å²) in [7, 11) is 0. The van der Waals surface area contributed by atoms with Gasteiger partial charge in [-0.25, -0.2) is 0 Å². The number of alkyl halides is 1. The molecule has 0 spiro atoms. The molecule has 0 bridgehead atoms. The highest BCUT2D eigenvalue weighted by Crippen LogP contribution is 2.27. The number of rotatable bonds is 3. The molecule has 0 aliphatic carbocycles. The Hall–Kier alpha value is -1.26. The topological polar surface area (TPSA) is 50.9 Å². The molecule has 6 heteroatoms. The zero-order valence-electron chi connectivity index (χ0n) is 9.19. The molecule has 0 saturated carbocycles. The molecule has 2 aromatic rings. The van der Waals surface area contributed by atoms with E-state index in [1.807, 2.05) is 6.92 Å². The van der Waals surface area contributed by atoms with Crippen LogP contribution in [0.5, 0.6) is 5.75 Å². The van der Waals surface area contributed by atoms with Gasteiger partial charge >= 0.3 is 0 Å². The maximum absolute atomic E-state index is 9.87. The first kappa shape index (κ1) is 12.2. The van der Waals surface area contributed by atoms with Crippen LogP contribution in [-0.2, 0) is 12.3 Å². The number of aryl methyl sites for hydroxylation is 1. The minimum absolute atomic E-state index is 0.121. The molecule has 90 valence electrons. The van der Waals surface area contributed by atoms with E-state index in [0.29, 0.717) is 23.0 Å². The Morgan fingerprint density at radius 3 is 2.65 bits per heavy atom. The summed E-state index contributed by atoms with van der Waals surface area (Å²) >= 11 is 11.7. The van der Waals surface area contributed by atoms with Crippen molar-refractivity contribution in [2.24, 2.45) is 0 Å². The zero-order valence-corrected chi connectivity index (χ0v) is 10.7. The van der Waals surface area contributed by atoms with E-state index in [-0.39, 0.29) is 11.6 Å². The van der Waals surface area contributed by atoms with E-state index in [1.165, 1.54) is 6.07 Å². The molecule has 2 rings (SSSR count). The van der Waals surface area contributed by atoms with Crippen molar-refractivity contribution in [1.29, 1.82) is 0 Å². The minimum Gasteiger partial charge on any atom is -0.506 e. The number of hydrogen-bond acceptors (Lipinski definition) is 3. The lowest BCUT2D eigenvalue weighted by atomic mass is 10.2. The van der Waals surface area contributed by atoms with E-state index < -0.39 is 0 Å². The van der Waals surface area contributed by atoms with Crippen LogP contribution in [-0.4, -0.2) is 19.9 Å². The van der Waals surface area contributed by atoms with Crippen molar-refractivity contribution in [1.82, 2.24) is 14.8 Å². The van der Waals surface area contributed by atoms with Crippen LogP contribution < -0.4 is 0 Å². The lowest BCUT2D eigenvalue weighted by Gasteiger charge is -2.10. The molecule has 1 aromatic carbocycles. The predicted molar refractivity (Wildman–Crippen MR) is 67.0 cm³/mol. The molecule has 1 aromatic heterocycles. The number of halogens is 2. The first-order valence-electron chi connectivity index (χ1n) is 5.15. The van der Waals surface area contributed by atoms with E-state index in [1.54, 1.807) is 16.7 Å². The van der Waals surface area contributed by atoms with E-state index in [2.05, 4.69) is 10.2 Å². The highest BCUT2D eigenvalue weighted by Gasteiger charge is 2.14. The summed E-state index contributed by atoms with van der Waals surface area (Å²) in [6, 6.07) is 4.82. The van der Waals surface area contributed by atoms with Crippen molar-refractivity contribution in [2.75, 3.05) is 0 Å². The lowest BCUT2D eigenvalue weighted by Crippen LogP contribution is -2.04. The molecule has 0 aliphatic heterocycles. The zero-order chi connectivity index (χ0) is 12.4. The fraction of sp³-hybridized carbons (Fsp3) is 0.273. The standard InChI is InChI=1S/C11H11Cl2N3O/c1-2-10-14-15-11(6-12)16(10)8-5-7(13)3-4-9(8)17/h3-5,17H,2,6H2,1H3. The molecule has 0 aliphatic rings. The molecule has 0 atom stereocenters. The maximum Gasteiger partial charge on any atom is 0.152 e. The Labute approximate surface area is 109 Å². The van der Waals surface area contributed by atoms with Gasteiger partial charge in [0.25, 0.3) is 0 Å². The van der Waals surface area contributed by atoms with Crippen LogP contribution in [0.3, 0.4) is 0 Å². The molecule has 1 heterocycles. The molecular weight excluding hydrogens is 261 g/mol. The quantitative estimate of drug-likeness (QED) is 0.874. The van der Waals surface area contributed by atoms with Gasteiger partial charge in [0.1, 0.15) is 11.6 Å². The normalized spacial score (nSPS) is 10.8. The number of phenolic OH excluding ortho intramolecular Hbond substituents is 1. The van der Waals surface area contributed by atoms with Gasteiger partial charge in [-0.15, -0.1) is 21.8 Å². The van der Waals surface area contributed by atoms with Gasteiger partial charge in [-0.2, -0.15) is 0 Å². The second-order valence-corrected chi connectivity index (χ2v) is 4.19. The monoisotopic (exact) mass is 271 g/mol. The van der Waals surface area contributed by atoms with Crippen molar-refractivity contribution in [3.8, 4) is 11.4 Å². The summed E-state index contributed by atoms with van der Waals surface area (Å²) in [6.07, 6.45) is 0.690. The van der Waals surface area contributed by atoms with Crippen molar-refractivity contribution >= 4 is 23.2 Å². The molecule has 0 radical (unpaired) electrons. The van der Waals surface area contributed by atoms with E-state index >= 15 is 0 Å². The Morgan fingerprint density at radius 1 is 1.29 bits per heavy atom. The fourth-order valence-electron chi connectivity index (χ4n) is 1.62. The highest BCUT2D eigenvalue weighted by atomic mass is 35.5. The van der Waals surface area contributed by atoms with Crippen LogP contribution in [0, 0.1) is 0 Å². The summed E-state index contributed by atoms with van der Waals surface area (Å²) in [6.45, 7) is 1.96. The van der Waals surface area contributed by atoms with Crippen LogP contribution in [0.2, 0.25) is 5.02 Å². The fourth-order valence-corrected chi connectivity index (χ4v) is 1.96.